The fourth-order valence-corrected chi connectivity index (χ4v) is 0.751. The van der Waals surface area contributed by atoms with E-state index in [1.165, 1.54) is 13.3 Å². The molecule has 0 radical (unpaired) electrons. The van der Waals surface area contributed by atoms with E-state index in [1.54, 1.807) is 0 Å². The number of aromatic nitrogens is 2. The van der Waals surface area contributed by atoms with E-state index in [2.05, 4.69) is 9.72 Å². The minimum atomic E-state index is -0.794. The highest BCUT2D eigenvalue weighted by Gasteiger charge is 2.18. The van der Waals surface area contributed by atoms with Crippen molar-refractivity contribution in [1.29, 1.82) is 0 Å². The number of rotatable bonds is 2. The molecular weight excluding hydrogens is 162 g/mol. The normalized spacial score (nSPS) is 9.42. The lowest BCUT2D eigenvalue weighted by atomic mass is 10.4. The van der Waals surface area contributed by atoms with Crippen molar-refractivity contribution in [2.45, 2.75) is 0 Å². The zero-order chi connectivity index (χ0) is 9.14. The predicted molar refractivity (Wildman–Crippen MR) is 38.3 cm³/mol. The van der Waals surface area contributed by atoms with Crippen LogP contribution in [0, 0.1) is 5.21 Å². The van der Waals surface area contributed by atoms with Crippen LogP contribution in [-0.2, 0) is 0 Å². The molecule has 1 amide bonds. The second-order valence-corrected chi connectivity index (χ2v) is 1.98. The summed E-state index contributed by atoms with van der Waals surface area (Å²) in [4.78, 5) is 14.2. The fraction of sp³-hybridized carbons (Fsp3) is 0.167. The minimum Gasteiger partial charge on any atom is -0.616 e. The van der Waals surface area contributed by atoms with Crippen LogP contribution >= 0.6 is 0 Å². The molecule has 6 heteroatoms. The average Bonchev–Trinajstić information content (AvgIpc) is 2.03. The molecule has 0 saturated heterocycles. The molecule has 0 saturated carbocycles. The van der Waals surface area contributed by atoms with Gasteiger partial charge < -0.3 is 15.7 Å². The van der Waals surface area contributed by atoms with Gasteiger partial charge in [-0.05, 0) is 0 Å². The van der Waals surface area contributed by atoms with Crippen molar-refractivity contribution in [2.75, 3.05) is 7.11 Å². The highest BCUT2D eigenvalue weighted by Crippen LogP contribution is 2.06. The Morgan fingerprint density at radius 1 is 1.83 bits per heavy atom. The van der Waals surface area contributed by atoms with Gasteiger partial charge in [0.15, 0.2) is 0 Å². The largest absolute Gasteiger partial charge is 0.616 e. The third-order valence-electron chi connectivity index (χ3n) is 1.24. The summed E-state index contributed by atoms with van der Waals surface area (Å²) in [7, 11) is 1.26. The average molecular weight is 169 g/mol. The van der Waals surface area contributed by atoms with Gasteiger partial charge in [0, 0.05) is 0 Å². The zero-order valence-electron chi connectivity index (χ0n) is 6.35. The molecule has 0 aliphatic carbocycles. The number of nitrogens with zero attached hydrogens (tertiary/aromatic N) is 2. The van der Waals surface area contributed by atoms with E-state index >= 15 is 0 Å². The Labute approximate surface area is 68.2 Å². The van der Waals surface area contributed by atoms with Crippen molar-refractivity contribution in [2.24, 2.45) is 5.73 Å². The molecule has 0 atom stereocenters. The van der Waals surface area contributed by atoms with Crippen LogP contribution in [0.15, 0.2) is 12.4 Å². The summed E-state index contributed by atoms with van der Waals surface area (Å²) in [5.74, 6) is -0.984. The lowest BCUT2D eigenvalue weighted by Gasteiger charge is -2.03. The number of primary amides is 1. The van der Waals surface area contributed by atoms with Gasteiger partial charge in [-0.25, -0.2) is 4.98 Å². The molecular formula is C6H7N3O3. The number of hydrogen-bond acceptors (Lipinski definition) is 4. The molecule has 64 valence electrons. The smallest absolute Gasteiger partial charge is 0.411 e. The van der Waals surface area contributed by atoms with E-state index in [-0.39, 0.29) is 11.6 Å². The number of amides is 1. The summed E-state index contributed by atoms with van der Waals surface area (Å²) >= 11 is 0. The first kappa shape index (κ1) is 8.25. The first-order valence-electron chi connectivity index (χ1n) is 3.08. The molecule has 0 spiro atoms. The Hall–Kier alpha value is -1.85. The van der Waals surface area contributed by atoms with Crippen LogP contribution < -0.4 is 15.2 Å². The molecule has 1 aromatic rings. The SMILES string of the molecule is COc1c(C(N)=O)ncc[n+]1[O-]. The van der Waals surface area contributed by atoms with Crippen LogP contribution in [0.3, 0.4) is 0 Å². The first-order valence-corrected chi connectivity index (χ1v) is 3.08. The molecule has 0 aromatic carbocycles. The minimum absolute atomic E-state index is 0.171. The molecule has 0 unspecified atom stereocenters. The van der Waals surface area contributed by atoms with E-state index in [9.17, 15) is 10.0 Å². The van der Waals surface area contributed by atoms with Crippen LogP contribution in [0.2, 0.25) is 0 Å². The van der Waals surface area contributed by atoms with E-state index in [4.69, 9.17) is 5.73 Å². The van der Waals surface area contributed by atoms with E-state index in [0.717, 1.165) is 6.20 Å². The molecule has 1 heterocycles. The summed E-state index contributed by atoms with van der Waals surface area (Å²) in [5, 5.41) is 10.9. The summed E-state index contributed by atoms with van der Waals surface area (Å²) in [6.07, 6.45) is 2.29. The van der Waals surface area contributed by atoms with Crippen LogP contribution in [0.5, 0.6) is 5.88 Å². The van der Waals surface area contributed by atoms with Crippen molar-refractivity contribution in [3.05, 3.63) is 23.3 Å². The van der Waals surface area contributed by atoms with Crippen molar-refractivity contribution >= 4 is 5.91 Å². The molecule has 12 heavy (non-hydrogen) atoms. The Kier molecular flexibility index (Phi) is 2.09. The molecule has 0 aliphatic rings. The molecule has 0 aliphatic heterocycles. The molecule has 1 aromatic heterocycles. The molecule has 2 N–H and O–H groups in total. The number of carbonyl (C=O) groups is 1. The monoisotopic (exact) mass is 169 g/mol. The Bertz CT molecular complexity index is 313. The Morgan fingerprint density at radius 3 is 2.92 bits per heavy atom. The van der Waals surface area contributed by atoms with E-state index < -0.39 is 5.91 Å². The predicted octanol–water partition coefficient (Wildman–Crippen LogP) is -1.18. The topological polar surface area (TPSA) is 92.2 Å². The Morgan fingerprint density at radius 2 is 2.50 bits per heavy atom. The van der Waals surface area contributed by atoms with Crippen molar-refractivity contribution in [3.8, 4) is 5.88 Å². The number of hydrogen-bond donors (Lipinski definition) is 1. The van der Waals surface area contributed by atoms with Gasteiger partial charge in [0.05, 0.1) is 13.3 Å². The maximum atomic E-state index is 10.9. The van der Waals surface area contributed by atoms with Crippen LogP contribution in [0.25, 0.3) is 0 Å². The van der Waals surface area contributed by atoms with E-state index in [0.29, 0.717) is 4.73 Å². The standard InChI is InChI=1S/C6H7N3O3/c1-12-6-4(5(7)10)8-2-3-9(6)11/h2-3H,1H3,(H2,7,10). The highest BCUT2D eigenvalue weighted by atomic mass is 16.5. The number of nitrogens with two attached hydrogens (primary N) is 1. The maximum absolute atomic E-state index is 10.9. The lowest BCUT2D eigenvalue weighted by Crippen LogP contribution is -2.32. The van der Waals surface area contributed by atoms with Crippen molar-refractivity contribution < 1.29 is 14.3 Å². The van der Waals surface area contributed by atoms with Crippen molar-refractivity contribution in [3.63, 3.8) is 0 Å². The zero-order valence-corrected chi connectivity index (χ0v) is 6.35. The fourth-order valence-electron chi connectivity index (χ4n) is 0.751. The summed E-state index contributed by atoms with van der Waals surface area (Å²) in [6.45, 7) is 0. The third kappa shape index (κ3) is 1.26. The number of carbonyl (C=O) groups excluding carboxylic acids is 1. The van der Waals surface area contributed by atoms with Crippen LogP contribution in [0.1, 0.15) is 10.5 Å². The molecule has 0 bridgehead atoms. The highest BCUT2D eigenvalue weighted by molar-refractivity contribution is 5.92. The number of methoxy groups -OCH3 is 1. The molecule has 0 fully saturated rings. The maximum Gasteiger partial charge on any atom is 0.411 e. The second kappa shape index (κ2) is 3.04. The van der Waals surface area contributed by atoms with Gasteiger partial charge in [-0.2, -0.15) is 0 Å². The van der Waals surface area contributed by atoms with Gasteiger partial charge in [-0.1, -0.05) is 0 Å². The quantitative estimate of drug-likeness (QED) is 0.445. The summed E-state index contributed by atoms with van der Waals surface area (Å²) < 4.78 is 5.01. The van der Waals surface area contributed by atoms with Crippen LogP contribution in [0.4, 0.5) is 0 Å². The third-order valence-corrected chi connectivity index (χ3v) is 1.24. The molecule has 1 rings (SSSR count). The van der Waals surface area contributed by atoms with Gasteiger partial charge in [0.1, 0.15) is 0 Å². The second-order valence-electron chi connectivity index (χ2n) is 1.98. The van der Waals surface area contributed by atoms with Crippen LogP contribution in [-0.4, -0.2) is 18.0 Å². The molecule has 6 nitrogen and oxygen atoms in total. The van der Waals surface area contributed by atoms with Gasteiger partial charge in [-0.3, -0.25) is 4.79 Å². The van der Waals surface area contributed by atoms with Gasteiger partial charge in [0.25, 0.3) is 5.91 Å². The first-order chi connectivity index (χ1) is 5.66. The van der Waals surface area contributed by atoms with Gasteiger partial charge in [0.2, 0.25) is 11.9 Å². The van der Waals surface area contributed by atoms with Gasteiger partial charge >= 0.3 is 5.88 Å². The van der Waals surface area contributed by atoms with E-state index in [1.807, 2.05) is 0 Å². The Balaban J connectivity index is 3.27. The lowest BCUT2D eigenvalue weighted by molar-refractivity contribution is -0.612. The summed E-state index contributed by atoms with van der Waals surface area (Å²) in [5.41, 5.74) is 4.75. The van der Waals surface area contributed by atoms with Gasteiger partial charge in [-0.15, -0.1) is 4.73 Å². The summed E-state index contributed by atoms with van der Waals surface area (Å²) in [6, 6.07) is 0. The van der Waals surface area contributed by atoms with Crippen molar-refractivity contribution in [1.82, 2.24) is 4.98 Å². The number of ether oxygens (including phenoxy) is 1.